The number of nitrogens with zero attached hydrogens (tertiary/aromatic N) is 3. The molecule has 8 heteroatoms. The van der Waals surface area contributed by atoms with Gasteiger partial charge in [-0.2, -0.15) is 5.10 Å². The van der Waals surface area contributed by atoms with E-state index in [2.05, 4.69) is 37.5 Å². The maximum Gasteiger partial charge on any atom is 0.269 e. The van der Waals surface area contributed by atoms with Crippen LogP contribution >= 0.6 is 0 Å². The highest BCUT2D eigenvalue weighted by atomic mass is 16.5. The van der Waals surface area contributed by atoms with Crippen LogP contribution in [0.25, 0.3) is 11.3 Å². The molecule has 0 bridgehead atoms. The van der Waals surface area contributed by atoms with Crippen LogP contribution in [0.3, 0.4) is 0 Å². The first-order chi connectivity index (χ1) is 16.6. The molecular weight excluding hydrogens is 430 g/mol. The van der Waals surface area contributed by atoms with Crippen LogP contribution in [0.15, 0.2) is 54.9 Å². The number of amides is 1. The van der Waals surface area contributed by atoms with Gasteiger partial charge in [-0.25, -0.2) is 0 Å². The lowest BCUT2D eigenvalue weighted by Crippen LogP contribution is -2.44. The Morgan fingerprint density at radius 2 is 1.94 bits per heavy atom. The molecule has 34 heavy (non-hydrogen) atoms. The zero-order valence-electron chi connectivity index (χ0n) is 19.5. The fourth-order valence-electron chi connectivity index (χ4n) is 4.92. The van der Waals surface area contributed by atoms with Gasteiger partial charge in [-0.1, -0.05) is 0 Å². The predicted molar refractivity (Wildman–Crippen MR) is 128 cm³/mol. The van der Waals surface area contributed by atoms with Gasteiger partial charge in [0.25, 0.3) is 5.91 Å². The third-order valence-electron chi connectivity index (χ3n) is 6.96. The molecule has 1 amide bonds. The van der Waals surface area contributed by atoms with E-state index in [1.165, 1.54) is 5.56 Å². The molecule has 0 radical (unpaired) electrons. The number of hydrogen-bond donors (Lipinski definition) is 2. The lowest BCUT2D eigenvalue weighted by Gasteiger charge is -2.39. The van der Waals surface area contributed by atoms with E-state index < -0.39 is 0 Å². The Bertz CT molecular complexity index is 1090. The molecule has 5 rings (SSSR count). The van der Waals surface area contributed by atoms with Crippen molar-refractivity contribution in [1.29, 1.82) is 0 Å². The van der Waals surface area contributed by atoms with Crippen molar-refractivity contribution in [1.82, 2.24) is 25.4 Å². The number of benzene rings is 1. The standard InChI is InChI=1S/C26H31N5O3/c1-33-21-4-2-20(3-5-21)23-16-24(30-29-23)25(32)28-17-22-6-9-26(34-22)10-14-31(15-11-26)18-19-7-12-27-13-8-19/h2-5,7-8,12-13,16,22H,6,9-11,14-15,17-18H2,1H3,(H,28,32)(H,29,30). The normalized spacial score (nSPS) is 19.9. The molecule has 0 aliphatic carbocycles. The van der Waals surface area contributed by atoms with Gasteiger partial charge in [-0.05, 0) is 73.7 Å². The maximum absolute atomic E-state index is 12.7. The van der Waals surface area contributed by atoms with Crippen LogP contribution in [0.5, 0.6) is 5.75 Å². The molecule has 178 valence electrons. The van der Waals surface area contributed by atoms with E-state index in [0.29, 0.717) is 12.2 Å². The Labute approximate surface area is 199 Å². The van der Waals surface area contributed by atoms with E-state index in [4.69, 9.17) is 9.47 Å². The summed E-state index contributed by atoms with van der Waals surface area (Å²) in [5, 5.41) is 10.1. The summed E-state index contributed by atoms with van der Waals surface area (Å²) < 4.78 is 11.7. The molecule has 2 aliphatic rings. The van der Waals surface area contributed by atoms with Crippen molar-refractivity contribution in [2.45, 2.75) is 43.9 Å². The molecule has 2 aromatic heterocycles. The van der Waals surface area contributed by atoms with Gasteiger partial charge >= 0.3 is 0 Å². The van der Waals surface area contributed by atoms with Gasteiger partial charge in [0, 0.05) is 44.1 Å². The number of aromatic nitrogens is 3. The van der Waals surface area contributed by atoms with Crippen molar-refractivity contribution in [2.75, 3.05) is 26.7 Å². The minimum absolute atomic E-state index is 0.0420. The summed E-state index contributed by atoms with van der Waals surface area (Å²) in [5.74, 6) is 0.620. The Morgan fingerprint density at radius 1 is 1.18 bits per heavy atom. The highest BCUT2D eigenvalue weighted by molar-refractivity contribution is 5.93. The second-order valence-corrected chi connectivity index (χ2v) is 9.20. The number of methoxy groups -OCH3 is 1. The summed E-state index contributed by atoms with van der Waals surface area (Å²) in [4.78, 5) is 19.2. The third-order valence-corrected chi connectivity index (χ3v) is 6.96. The Hall–Kier alpha value is -3.23. The number of carbonyl (C=O) groups is 1. The number of pyridine rings is 1. The second kappa shape index (κ2) is 9.95. The Morgan fingerprint density at radius 3 is 2.68 bits per heavy atom. The lowest BCUT2D eigenvalue weighted by atomic mass is 9.88. The molecule has 2 N–H and O–H groups in total. The number of hydrogen-bond acceptors (Lipinski definition) is 6. The SMILES string of the molecule is COc1ccc(-c2cc(C(=O)NCC3CCC4(CCN(Cc5ccncc5)CC4)O3)[nH]n2)cc1. The molecular formula is C26H31N5O3. The summed E-state index contributed by atoms with van der Waals surface area (Å²) in [6.07, 6.45) is 7.86. The highest BCUT2D eigenvalue weighted by Crippen LogP contribution is 2.39. The second-order valence-electron chi connectivity index (χ2n) is 9.20. The van der Waals surface area contributed by atoms with Crippen LogP contribution in [0.1, 0.15) is 41.7 Å². The van der Waals surface area contributed by atoms with Gasteiger partial charge in [0.2, 0.25) is 0 Å². The molecule has 8 nitrogen and oxygen atoms in total. The summed E-state index contributed by atoms with van der Waals surface area (Å²) >= 11 is 0. The van der Waals surface area contributed by atoms with E-state index in [1.807, 2.05) is 36.7 Å². The van der Waals surface area contributed by atoms with E-state index in [1.54, 1.807) is 13.2 Å². The molecule has 3 aromatic rings. The molecule has 1 spiro atoms. The Balaban J connectivity index is 1.09. The number of rotatable bonds is 7. The first-order valence-corrected chi connectivity index (χ1v) is 11.9. The van der Waals surface area contributed by atoms with Gasteiger partial charge in [0.05, 0.1) is 24.5 Å². The predicted octanol–water partition coefficient (Wildman–Crippen LogP) is 3.42. The van der Waals surface area contributed by atoms with Crippen LogP contribution in [0.4, 0.5) is 0 Å². The quantitative estimate of drug-likeness (QED) is 0.560. The monoisotopic (exact) mass is 461 g/mol. The molecule has 1 unspecified atom stereocenters. The van der Waals surface area contributed by atoms with Gasteiger partial charge < -0.3 is 14.8 Å². The van der Waals surface area contributed by atoms with Gasteiger partial charge in [-0.15, -0.1) is 0 Å². The minimum atomic E-state index is -0.163. The number of ether oxygens (including phenoxy) is 2. The van der Waals surface area contributed by atoms with Crippen molar-refractivity contribution in [3.8, 4) is 17.0 Å². The fraction of sp³-hybridized carbons (Fsp3) is 0.423. The average molecular weight is 462 g/mol. The molecule has 4 heterocycles. The number of carbonyl (C=O) groups excluding carboxylic acids is 1. The smallest absolute Gasteiger partial charge is 0.269 e. The van der Waals surface area contributed by atoms with E-state index in [0.717, 1.165) is 62.3 Å². The zero-order valence-corrected chi connectivity index (χ0v) is 19.5. The van der Waals surface area contributed by atoms with Crippen molar-refractivity contribution in [2.24, 2.45) is 0 Å². The average Bonchev–Trinajstić information content (AvgIpc) is 3.53. The minimum Gasteiger partial charge on any atom is -0.497 e. The van der Waals surface area contributed by atoms with E-state index in [9.17, 15) is 4.79 Å². The third kappa shape index (κ3) is 5.13. The number of nitrogens with one attached hydrogen (secondary N) is 2. The topological polar surface area (TPSA) is 92.4 Å². The summed E-state index contributed by atoms with van der Waals surface area (Å²) in [5.41, 5.74) is 3.35. The van der Waals surface area contributed by atoms with Crippen LogP contribution in [-0.4, -0.2) is 64.4 Å². The van der Waals surface area contributed by atoms with Crippen molar-refractivity contribution in [3.63, 3.8) is 0 Å². The van der Waals surface area contributed by atoms with E-state index in [-0.39, 0.29) is 17.6 Å². The largest absolute Gasteiger partial charge is 0.497 e. The molecule has 1 aromatic carbocycles. The van der Waals surface area contributed by atoms with Crippen LogP contribution in [0.2, 0.25) is 0 Å². The lowest BCUT2D eigenvalue weighted by molar-refractivity contribution is -0.0764. The fourth-order valence-corrected chi connectivity index (χ4v) is 4.92. The summed E-state index contributed by atoms with van der Waals surface area (Å²) in [7, 11) is 1.63. The zero-order chi connectivity index (χ0) is 23.4. The molecule has 2 aliphatic heterocycles. The molecule has 2 fully saturated rings. The molecule has 2 saturated heterocycles. The number of aromatic amines is 1. The molecule has 0 saturated carbocycles. The van der Waals surface area contributed by atoms with Gasteiger partial charge in [-0.3, -0.25) is 19.8 Å². The van der Waals surface area contributed by atoms with Crippen LogP contribution < -0.4 is 10.1 Å². The Kier molecular flexibility index (Phi) is 6.60. The first kappa shape index (κ1) is 22.6. The number of H-pyrrole nitrogens is 1. The van der Waals surface area contributed by atoms with E-state index >= 15 is 0 Å². The molecule has 1 atom stereocenters. The van der Waals surface area contributed by atoms with Crippen molar-refractivity contribution in [3.05, 3.63) is 66.1 Å². The van der Waals surface area contributed by atoms with Crippen LogP contribution in [0, 0.1) is 0 Å². The summed E-state index contributed by atoms with van der Waals surface area (Å²) in [6.45, 7) is 3.53. The highest BCUT2D eigenvalue weighted by Gasteiger charge is 2.42. The van der Waals surface area contributed by atoms with Crippen molar-refractivity contribution >= 4 is 5.91 Å². The maximum atomic E-state index is 12.7. The number of likely N-dealkylation sites (tertiary alicyclic amines) is 1. The van der Waals surface area contributed by atoms with Crippen molar-refractivity contribution < 1.29 is 14.3 Å². The summed E-state index contributed by atoms with van der Waals surface area (Å²) in [6, 6.07) is 13.5. The first-order valence-electron chi connectivity index (χ1n) is 11.9. The van der Waals surface area contributed by atoms with Gasteiger partial charge in [0.1, 0.15) is 11.4 Å². The van der Waals surface area contributed by atoms with Crippen LogP contribution in [-0.2, 0) is 11.3 Å². The number of piperidine rings is 1. The van der Waals surface area contributed by atoms with Gasteiger partial charge in [0.15, 0.2) is 0 Å².